The summed E-state index contributed by atoms with van der Waals surface area (Å²) in [6, 6.07) is 0. The van der Waals surface area contributed by atoms with E-state index in [1.807, 2.05) is 0 Å². The summed E-state index contributed by atoms with van der Waals surface area (Å²) in [5.41, 5.74) is -0.289. The van der Waals surface area contributed by atoms with Crippen LogP contribution in [0.5, 0.6) is 5.88 Å². The molecule has 88 valence electrons. The smallest absolute Gasteiger partial charge is 0.238 e. The largest absolute Gasteiger partial charge is 0.480 e. The normalized spacial score (nSPS) is 30.1. The molecule has 1 N–H and O–H groups in total. The van der Waals surface area contributed by atoms with Gasteiger partial charge in [-0.3, -0.25) is 4.98 Å². The SMILES string of the molecule is COc1nccnc1C1(O)CCCCC1C. The summed E-state index contributed by atoms with van der Waals surface area (Å²) in [6.07, 6.45) is 7.16. The lowest BCUT2D eigenvalue weighted by Crippen LogP contribution is -2.37. The van der Waals surface area contributed by atoms with E-state index in [2.05, 4.69) is 16.9 Å². The summed E-state index contributed by atoms with van der Waals surface area (Å²) < 4.78 is 5.18. The van der Waals surface area contributed by atoms with Gasteiger partial charge >= 0.3 is 0 Å². The lowest BCUT2D eigenvalue weighted by Gasteiger charge is -2.37. The summed E-state index contributed by atoms with van der Waals surface area (Å²) in [5.74, 6) is 0.644. The maximum atomic E-state index is 10.7. The van der Waals surface area contributed by atoms with Crippen LogP contribution in [0.25, 0.3) is 0 Å². The van der Waals surface area contributed by atoms with E-state index >= 15 is 0 Å². The highest BCUT2D eigenvalue weighted by molar-refractivity contribution is 5.25. The van der Waals surface area contributed by atoms with Crippen LogP contribution < -0.4 is 4.74 Å². The Morgan fingerprint density at radius 3 is 2.81 bits per heavy atom. The van der Waals surface area contributed by atoms with E-state index in [-0.39, 0.29) is 5.92 Å². The fraction of sp³-hybridized carbons (Fsp3) is 0.667. The second-order valence-corrected chi connectivity index (χ2v) is 4.49. The molecule has 1 aliphatic carbocycles. The maximum Gasteiger partial charge on any atom is 0.238 e. The first-order valence-electron chi connectivity index (χ1n) is 5.76. The monoisotopic (exact) mass is 222 g/mol. The van der Waals surface area contributed by atoms with E-state index in [4.69, 9.17) is 4.74 Å². The molecule has 0 saturated heterocycles. The summed E-state index contributed by atoms with van der Waals surface area (Å²) in [7, 11) is 1.56. The Morgan fingerprint density at radius 2 is 2.12 bits per heavy atom. The van der Waals surface area contributed by atoms with E-state index < -0.39 is 5.60 Å². The Morgan fingerprint density at radius 1 is 1.38 bits per heavy atom. The topological polar surface area (TPSA) is 55.2 Å². The zero-order valence-electron chi connectivity index (χ0n) is 9.81. The highest BCUT2D eigenvalue weighted by Gasteiger charge is 2.41. The molecule has 1 heterocycles. The zero-order chi connectivity index (χ0) is 11.6. The van der Waals surface area contributed by atoms with Gasteiger partial charge in [0.2, 0.25) is 5.88 Å². The maximum absolute atomic E-state index is 10.7. The number of ether oxygens (including phenoxy) is 1. The number of nitrogens with zero attached hydrogens (tertiary/aromatic N) is 2. The minimum atomic E-state index is -0.877. The third kappa shape index (κ3) is 1.78. The first kappa shape index (κ1) is 11.3. The number of aliphatic hydroxyl groups is 1. The van der Waals surface area contributed by atoms with Crippen LogP contribution >= 0.6 is 0 Å². The molecule has 1 aromatic rings. The van der Waals surface area contributed by atoms with Gasteiger partial charge in [-0.25, -0.2) is 4.98 Å². The second-order valence-electron chi connectivity index (χ2n) is 4.49. The van der Waals surface area contributed by atoms with Gasteiger partial charge in [0.15, 0.2) is 0 Å². The van der Waals surface area contributed by atoms with E-state index in [0.29, 0.717) is 11.6 Å². The number of hydrogen-bond acceptors (Lipinski definition) is 4. The highest BCUT2D eigenvalue weighted by atomic mass is 16.5. The number of aromatic nitrogens is 2. The van der Waals surface area contributed by atoms with E-state index in [1.165, 1.54) is 6.42 Å². The van der Waals surface area contributed by atoms with Crippen LogP contribution in [0.4, 0.5) is 0 Å². The molecule has 4 heteroatoms. The lowest BCUT2D eigenvalue weighted by atomic mass is 9.74. The van der Waals surface area contributed by atoms with Crippen molar-refractivity contribution in [3.8, 4) is 5.88 Å². The van der Waals surface area contributed by atoms with Crippen molar-refractivity contribution in [3.63, 3.8) is 0 Å². The molecule has 1 fully saturated rings. The molecule has 0 radical (unpaired) electrons. The van der Waals surface area contributed by atoms with Crippen LogP contribution in [0.1, 0.15) is 38.3 Å². The summed E-state index contributed by atoms with van der Waals surface area (Å²) in [5, 5.41) is 10.7. The summed E-state index contributed by atoms with van der Waals surface area (Å²) >= 11 is 0. The molecule has 2 unspecified atom stereocenters. The van der Waals surface area contributed by atoms with Gasteiger partial charge in [-0.2, -0.15) is 0 Å². The van der Waals surface area contributed by atoms with E-state index in [9.17, 15) is 5.11 Å². The second kappa shape index (κ2) is 4.37. The fourth-order valence-corrected chi connectivity index (χ4v) is 2.45. The fourth-order valence-electron chi connectivity index (χ4n) is 2.45. The van der Waals surface area contributed by atoms with E-state index in [0.717, 1.165) is 19.3 Å². The molecule has 0 aliphatic heterocycles. The Kier molecular flexibility index (Phi) is 3.10. The van der Waals surface area contributed by atoms with Gasteiger partial charge in [-0.1, -0.05) is 19.8 Å². The van der Waals surface area contributed by atoms with Gasteiger partial charge in [0.05, 0.1) is 7.11 Å². The average Bonchev–Trinajstić information content (AvgIpc) is 2.33. The van der Waals surface area contributed by atoms with Gasteiger partial charge in [0, 0.05) is 12.4 Å². The molecule has 0 amide bonds. The Bertz CT molecular complexity index is 370. The number of rotatable bonds is 2. The third-order valence-electron chi connectivity index (χ3n) is 3.53. The van der Waals surface area contributed by atoms with Gasteiger partial charge < -0.3 is 9.84 Å². The molecule has 0 aromatic carbocycles. The van der Waals surface area contributed by atoms with Gasteiger partial charge in [0.25, 0.3) is 0 Å². The van der Waals surface area contributed by atoms with Gasteiger partial charge in [0.1, 0.15) is 11.3 Å². The molecule has 1 saturated carbocycles. The van der Waals surface area contributed by atoms with Crippen LogP contribution in [0.15, 0.2) is 12.4 Å². The van der Waals surface area contributed by atoms with Crippen molar-refractivity contribution in [2.24, 2.45) is 5.92 Å². The van der Waals surface area contributed by atoms with Crippen molar-refractivity contribution in [1.29, 1.82) is 0 Å². The van der Waals surface area contributed by atoms with Crippen molar-refractivity contribution in [1.82, 2.24) is 9.97 Å². The number of hydrogen-bond donors (Lipinski definition) is 1. The quantitative estimate of drug-likeness (QED) is 0.830. The van der Waals surface area contributed by atoms with E-state index in [1.54, 1.807) is 19.5 Å². The predicted molar refractivity (Wildman–Crippen MR) is 60.1 cm³/mol. The molecular formula is C12H18N2O2. The Balaban J connectivity index is 2.40. The molecule has 0 bridgehead atoms. The number of methoxy groups -OCH3 is 1. The van der Waals surface area contributed by atoms with Crippen molar-refractivity contribution < 1.29 is 9.84 Å². The van der Waals surface area contributed by atoms with Crippen LogP contribution in [0.3, 0.4) is 0 Å². The van der Waals surface area contributed by atoms with Gasteiger partial charge in [-0.05, 0) is 18.8 Å². The van der Waals surface area contributed by atoms with Crippen molar-refractivity contribution >= 4 is 0 Å². The van der Waals surface area contributed by atoms with Crippen molar-refractivity contribution in [2.75, 3.05) is 7.11 Å². The zero-order valence-corrected chi connectivity index (χ0v) is 9.81. The van der Waals surface area contributed by atoms with Crippen LogP contribution in [0.2, 0.25) is 0 Å². The minimum absolute atomic E-state index is 0.201. The van der Waals surface area contributed by atoms with Crippen molar-refractivity contribution in [3.05, 3.63) is 18.1 Å². The molecule has 2 atom stereocenters. The Labute approximate surface area is 95.7 Å². The first-order valence-corrected chi connectivity index (χ1v) is 5.76. The van der Waals surface area contributed by atoms with Crippen LogP contribution in [-0.4, -0.2) is 22.2 Å². The van der Waals surface area contributed by atoms with Crippen LogP contribution in [0, 0.1) is 5.92 Å². The summed E-state index contributed by atoms with van der Waals surface area (Å²) in [4.78, 5) is 8.37. The average molecular weight is 222 g/mol. The molecule has 0 spiro atoms. The van der Waals surface area contributed by atoms with Crippen molar-refractivity contribution in [2.45, 2.75) is 38.2 Å². The lowest BCUT2D eigenvalue weighted by molar-refractivity contribution is -0.0526. The molecular weight excluding hydrogens is 204 g/mol. The molecule has 4 nitrogen and oxygen atoms in total. The standard InChI is InChI=1S/C12H18N2O2/c1-9-5-3-4-6-12(9,15)10-11(16-2)14-8-7-13-10/h7-9,15H,3-6H2,1-2H3. The van der Waals surface area contributed by atoms with Crippen LogP contribution in [-0.2, 0) is 5.60 Å². The molecule has 16 heavy (non-hydrogen) atoms. The molecule has 1 aromatic heterocycles. The predicted octanol–water partition coefficient (Wildman–Crippen LogP) is 1.88. The third-order valence-corrected chi connectivity index (χ3v) is 3.53. The Hall–Kier alpha value is -1.16. The first-order chi connectivity index (χ1) is 7.68. The molecule has 1 aliphatic rings. The summed E-state index contributed by atoms with van der Waals surface area (Å²) in [6.45, 7) is 2.06. The molecule has 2 rings (SSSR count). The highest BCUT2D eigenvalue weighted by Crippen LogP contribution is 2.42. The minimum Gasteiger partial charge on any atom is -0.480 e. The van der Waals surface area contributed by atoms with Gasteiger partial charge in [-0.15, -0.1) is 0 Å².